The van der Waals surface area contributed by atoms with E-state index in [-0.39, 0.29) is 12.4 Å². The molecule has 1 N–H and O–H groups in total. The molecule has 0 radical (unpaired) electrons. The standard InChI is InChI=1S/C7H14N2.ClH/c1-3-6(2)7-8-4-5-9-7;/h4,6-7,9H,3,5H2,1-2H3;1H/p-1. The smallest absolute Gasteiger partial charge is 0.102 e. The summed E-state index contributed by atoms with van der Waals surface area (Å²) in [4.78, 5) is 4.27. The van der Waals surface area contributed by atoms with Crippen molar-refractivity contribution in [2.24, 2.45) is 10.9 Å². The van der Waals surface area contributed by atoms with Crippen LogP contribution >= 0.6 is 0 Å². The topological polar surface area (TPSA) is 24.4 Å². The highest BCUT2D eigenvalue weighted by atomic mass is 35.5. The van der Waals surface area contributed by atoms with Gasteiger partial charge in [0.05, 0.1) is 0 Å². The van der Waals surface area contributed by atoms with Gasteiger partial charge in [0.1, 0.15) is 6.17 Å². The Hall–Kier alpha value is -0.0800. The van der Waals surface area contributed by atoms with Crippen LogP contribution in [0.15, 0.2) is 4.99 Å². The summed E-state index contributed by atoms with van der Waals surface area (Å²) in [5.74, 6) is 0.684. The molecule has 60 valence electrons. The second-order valence-electron chi connectivity index (χ2n) is 2.57. The average Bonchev–Trinajstić information content (AvgIpc) is 2.37. The van der Waals surface area contributed by atoms with Crippen molar-refractivity contribution < 1.29 is 12.4 Å². The molecule has 3 heteroatoms. The van der Waals surface area contributed by atoms with Gasteiger partial charge in [-0.15, -0.1) is 0 Å². The molecule has 0 aromatic carbocycles. The van der Waals surface area contributed by atoms with E-state index < -0.39 is 0 Å². The van der Waals surface area contributed by atoms with Crippen molar-refractivity contribution in [2.75, 3.05) is 6.54 Å². The molecule has 1 rings (SSSR count). The molecular formula is C7H14ClN2-. The summed E-state index contributed by atoms with van der Waals surface area (Å²) in [6.45, 7) is 5.37. The lowest BCUT2D eigenvalue weighted by Gasteiger charge is -2.14. The van der Waals surface area contributed by atoms with E-state index in [9.17, 15) is 0 Å². The van der Waals surface area contributed by atoms with E-state index in [1.54, 1.807) is 0 Å². The minimum absolute atomic E-state index is 0. The van der Waals surface area contributed by atoms with Gasteiger partial charge in [-0.3, -0.25) is 10.3 Å². The lowest BCUT2D eigenvalue weighted by molar-refractivity contribution is -0.00000208. The first-order chi connectivity index (χ1) is 4.34. The molecule has 0 spiro atoms. The Balaban J connectivity index is 0.000000810. The summed E-state index contributed by atoms with van der Waals surface area (Å²) >= 11 is 0. The zero-order chi connectivity index (χ0) is 6.69. The van der Waals surface area contributed by atoms with Crippen LogP contribution < -0.4 is 17.7 Å². The molecule has 2 unspecified atom stereocenters. The molecule has 0 aromatic heterocycles. The fraction of sp³-hybridized carbons (Fsp3) is 0.857. The summed E-state index contributed by atoms with van der Waals surface area (Å²) in [6.07, 6.45) is 3.56. The van der Waals surface area contributed by atoms with Crippen molar-refractivity contribution in [3.63, 3.8) is 0 Å². The van der Waals surface area contributed by atoms with Gasteiger partial charge in [0.2, 0.25) is 0 Å². The summed E-state index contributed by atoms with van der Waals surface area (Å²) in [6, 6.07) is 0. The third-order valence-electron chi connectivity index (χ3n) is 1.87. The van der Waals surface area contributed by atoms with Crippen LogP contribution in [0.5, 0.6) is 0 Å². The molecule has 10 heavy (non-hydrogen) atoms. The molecule has 1 aliphatic rings. The van der Waals surface area contributed by atoms with Crippen LogP contribution in [-0.4, -0.2) is 18.9 Å². The number of hydrogen-bond donors (Lipinski definition) is 1. The Morgan fingerprint density at radius 1 is 1.80 bits per heavy atom. The zero-order valence-corrected chi connectivity index (χ0v) is 7.23. The molecule has 1 aliphatic heterocycles. The minimum atomic E-state index is 0. The van der Waals surface area contributed by atoms with Gasteiger partial charge in [-0.25, -0.2) is 0 Å². The molecule has 0 fully saturated rings. The van der Waals surface area contributed by atoms with Crippen molar-refractivity contribution in [3.8, 4) is 0 Å². The number of halogens is 1. The lowest BCUT2D eigenvalue weighted by atomic mass is 10.1. The predicted octanol–water partition coefficient (Wildman–Crippen LogP) is -1.96. The monoisotopic (exact) mass is 161 g/mol. The van der Waals surface area contributed by atoms with E-state index in [2.05, 4.69) is 24.2 Å². The number of nitrogens with one attached hydrogen (secondary N) is 1. The largest absolute Gasteiger partial charge is 1.00 e. The fourth-order valence-electron chi connectivity index (χ4n) is 0.964. The van der Waals surface area contributed by atoms with Crippen LogP contribution in [0.1, 0.15) is 20.3 Å². The van der Waals surface area contributed by atoms with Crippen molar-refractivity contribution >= 4 is 6.21 Å². The van der Waals surface area contributed by atoms with Gasteiger partial charge in [-0.1, -0.05) is 20.3 Å². The maximum Gasteiger partial charge on any atom is 0.102 e. The third kappa shape index (κ3) is 2.27. The summed E-state index contributed by atoms with van der Waals surface area (Å²) < 4.78 is 0. The van der Waals surface area contributed by atoms with Crippen LogP contribution in [0.2, 0.25) is 0 Å². The van der Waals surface area contributed by atoms with Crippen LogP contribution in [0.25, 0.3) is 0 Å². The third-order valence-corrected chi connectivity index (χ3v) is 1.87. The Bertz CT molecular complexity index is 114. The number of rotatable bonds is 2. The van der Waals surface area contributed by atoms with Gasteiger partial charge in [-0.2, -0.15) is 0 Å². The average molecular weight is 162 g/mol. The fourth-order valence-corrected chi connectivity index (χ4v) is 0.964. The zero-order valence-electron chi connectivity index (χ0n) is 6.47. The molecule has 1 heterocycles. The summed E-state index contributed by atoms with van der Waals surface area (Å²) in [7, 11) is 0. The van der Waals surface area contributed by atoms with E-state index in [1.165, 1.54) is 6.42 Å². The van der Waals surface area contributed by atoms with Crippen LogP contribution in [0.4, 0.5) is 0 Å². The van der Waals surface area contributed by atoms with Crippen molar-refractivity contribution in [1.29, 1.82) is 0 Å². The highest BCUT2D eigenvalue weighted by Crippen LogP contribution is 2.09. The number of aliphatic imine (C=N–C) groups is 1. The molecular weight excluding hydrogens is 148 g/mol. The van der Waals surface area contributed by atoms with Gasteiger partial charge in [-0.05, 0) is 5.92 Å². The second-order valence-corrected chi connectivity index (χ2v) is 2.57. The number of nitrogens with zero attached hydrogens (tertiary/aromatic N) is 1. The Morgan fingerprint density at radius 2 is 2.50 bits per heavy atom. The van der Waals surface area contributed by atoms with Crippen LogP contribution in [0.3, 0.4) is 0 Å². The van der Waals surface area contributed by atoms with E-state index in [0.717, 1.165) is 6.54 Å². The van der Waals surface area contributed by atoms with Crippen LogP contribution in [0, 0.1) is 5.92 Å². The molecule has 0 saturated heterocycles. The van der Waals surface area contributed by atoms with Gasteiger partial charge in [0.25, 0.3) is 0 Å². The molecule has 0 aromatic rings. The van der Waals surface area contributed by atoms with Crippen molar-refractivity contribution in [3.05, 3.63) is 0 Å². The number of hydrogen-bond acceptors (Lipinski definition) is 2. The normalized spacial score (nSPS) is 26.0. The Kier molecular flexibility index (Phi) is 4.65. The van der Waals surface area contributed by atoms with E-state index in [0.29, 0.717) is 12.1 Å². The maximum atomic E-state index is 4.27. The molecule has 2 nitrogen and oxygen atoms in total. The molecule has 0 amide bonds. The van der Waals surface area contributed by atoms with Crippen molar-refractivity contribution in [1.82, 2.24) is 5.32 Å². The van der Waals surface area contributed by atoms with E-state index >= 15 is 0 Å². The van der Waals surface area contributed by atoms with Gasteiger partial charge in [0.15, 0.2) is 0 Å². The first-order valence-corrected chi connectivity index (χ1v) is 3.59. The SMILES string of the molecule is CCC(C)C1N=CCN1.[Cl-]. The second kappa shape index (κ2) is 4.69. The highest BCUT2D eigenvalue weighted by Gasteiger charge is 2.14. The van der Waals surface area contributed by atoms with E-state index in [1.807, 2.05) is 6.21 Å². The predicted molar refractivity (Wildman–Crippen MR) is 39.7 cm³/mol. The lowest BCUT2D eigenvalue weighted by Crippen LogP contribution is -3.00. The molecule has 0 aliphatic carbocycles. The highest BCUT2D eigenvalue weighted by molar-refractivity contribution is 5.62. The van der Waals surface area contributed by atoms with Gasteiger partial charge < -0.3 is 12.4 Å². The molecule has 2 atom stereocenters. The van der Waals surface area contributed by atoms with E-state index in [4.69, 9.17) is 0 Å². The summed E-state index contributed by atoms with van der Waals surface area (Å²) in [5, 5.41) is 3.29. The summed E-state index contributed by atoms with van der Waals surface area (Å²) in [5.41, 5.74) is 0. The van der Waals surface area contributed by atoms with Crippen LogP contribution in [-0.2, 0) is 0 Å². The quantitative estimate of drug-likeness (QED) is 0.500. The molecule has 0 bridgehead atoms. The molecule has 0 saturated carbocycles. The van der Waals surface area contributed by atoms with Gasteiger partial charge >= 0.3 is 0 Å². The van der Waals surface area contributed by atoms with Crippen molar-refractivity contribution in [2.45, 2.75) is 26.4 Å². The van der Waals surface area contributed by atoms with Gasteiger partial charge in [0, 0.05) is 12.8 Å². The minimum Gasteiger partial charge on any atom is -1.00 e. The Labute approximate surface area is 68.5 Å². The first-order valence-electron chi connectivity index (χ1n) is 3.59. The first kappa shape index (κ1) is 9.92. The maximum absolute atomic E-state index is 4.27. The Morgan fingerprint density at radius 3 is 2.90 bits per heavy atom.